The molecule has 0 N–H and O–H groups in total. The number of carbonyl (C=O) groups is 1. The van der Waals surface area contributed by atoms with Gasteiger partial charge in [-0.1, -0.05) is 24.3 Å². The minimum atomic E-state index is -0.329. The second kappa shape index (κ2) is 8.50. The molecule has 0 heterocycles. The summed E-state index contributed by atoms with van der Waals surface area (Å²) in [5.74, 6) is 0.521. The van der Waals surface area contributed by atoms with Crippen molar-refractivity contribution in [3.8, 4) is 16.9 Å². The molecule has 0 fully saturated rings. The molecule has 0 saturated carbocycles. The van der Waals surface area contributed by atoms with Crippen molar-refractivity contribution in [2.24, 2.45) is 0 Å². The summed E-state index contributed by atoms with van der Waals surface area (Å²) in [6.45, 7) is 1.07. The second-order valence-electron chi connectivity index (χ2n) is 6.01. The summed E-state index contributed by atoms with van der Waals surface area (Å²) < 4.78 is 10.3. The highest BCUT2D eigenvalue weighted by molar-refractivity contribution is 5.90. The SMILES string of the molecule is COC(=O)c1ccc(-c2ccc(CCCN(C)C)cc2OC)cc1. The molecule has 0 aliphatic heterocycles. The molecule has 2 aromatic carbocycles. The van der Waals surface area contributed by atoms with Gasteiger partial charge in [0.25, 0.3) is 0 Å². The molecule has 0 spiro atoms. The summed E-state index contributed by atoms with van der Waals surface area (Å²) in [6, 6.07) is 13.7. The minimum absolute atomic E-state index is 0.329. The second-order valence-corrected chi connectivity index (χ2v) is 6.01. The third-order valence-electron chi connectivity index (χ3n) is 3.95. The number of carbonyl (C=O) groups excluding carboxylic acids is 1. The van der Waals surface area contributed by atoms with Crippen molar-refractivity contribution in [2.75, 3.05) is 34.9 Å². The van der Waals surface area contributed by atoms with Crippen LogP contribution in [0.1, 0.15) is 22.3 Å². The van der Waals surface area contributed by atoms with Crippen LogP contribution in [0, 0.1) is 0 Å². The van der Waals surface area contributed by atoms with Gasteiger partial charge in [0.2, 0.25) is 0 Å². The summed E-state index contributed by atoms with van der Waals surface area (Å²) in [4.78, 5) is 13.7. The predicted molar refractivity (Wildman–Crippen MR) is 96.6 cm³/mol. The Morgan fingerprint density at radius 2 is 1.75 bits per heavy atom. The Labute approximate surface area is 144 Å². The maximum Gasteiger partial charge on any atom is 0.337 e. The van der Waals surface area contributed by atoms with Crippen LogP contribution in [0.15, 0.2) is 42.5 Å². The maximum absolute atomic E-state index is 11.5. The fourth-order valence-corrected chi connectivity index (χ4v) is 2.63. The molecule has 0 radical (unpaired) electrons. The van der Waals surface area contributed by atoms with E-state index >= 15 is 0 Å². The highest BCUT2D eigenvalue weighted by atomic mass is 16.5. The van der Waals surface area contributed by atoms with Gasteiger partial charge in [-0.3, -0.25) is 0 Å². The lowest BCUT2D eigenvalue weighted by Gasteiger charge is -2.13. The zero-order chi connectivity index (χ0) is 17.5. The molecule has 0 unspecified atom stereocenters. The van der Waals surface area contributed by atoms with Gasteiger partial charge < -0.3 is 14.4 Å². The predicted octanol–water partition coefficient (Wildman–Crippen LogP) is 3.64. The quantitative estimate of drug-likeness (QED) is 0.728. The molecule has 0 atom stereocenters. The van der Waals surface area contributed by atoms with Crippen LogP contribution in [0.25, 0.3) is 11.1 Å². The molecule has 0 aliphatic carbocycles. The summed E-state index contributed by atoms with van der Waals surface area (Å²) in [5, 5.41) is 0. The Hall–Kier alpha value is -2.33. The van der Waals surface area contributed by atoms with E-state index in [9.17, 15) is 4.79 Å². The van der Waals surface area contributed by atoms with E-state index in [4.69, 9.17) is 9.47 Å². The number of benzene rings is 2. The number of methoxy groups -OCH3 is 2. The van der Waals surface area contributed by atoms with Gasteiger partial charge in [0.1, 0.15) is 5.75 Å². The van der Waals surface area contributed by atoms with Gasteiger partial charge in [0.05, 0.1) is 19.8 Å². The highest BCUT2D eigenvalue weighted by Crippen LogP contribution is 2.31. The number of hydrogen-bond acceptors (Lipinski definition) is 4. The van der Waals surface area contributed by atoms with Gasteiger partial charge in [-0.2, -0.15) is 0 Å². The lowest BCUT2D eigenvalue weighted by molar-refractivity contribution is 0.0601. The molecule has 4 heteroatoms. The molecular weight excluding hydrogens is 302 g/mol. The summed E-state index contributed by atoms with van der Waals surface area (Å²) in [7, 11) is 7.24. The number of esters is 1. The zero-order valence-electron chi connectivity index (χ0n) is 14.8. The van der Waals surface area contributed by atoms with Crippen LogP contribution in [0.4, 0.5) is 0 Å². The number of ether oxygens (including phenoxy) is 2. The van der Waals surface area contributed by atoms with Gasteiger partial charge in [-0.05, 0) is 62.8 Å². The largest absolute Gasteiger partial charge is 0.496 e. The Balaban J connectivity index is 2.19. The number of hydrogen-bond donors (Lipinski definition) is 0. The van der Waals surface area contributed by atoms with E-state index < -0.39 is 0 Å². The van der Waals surface area contributed by atoms with Crippen molar-refractivity contribution >= 4 is 5.97 Å². The smallest absolute Gasteiger partial charge is 0.337 e. The standard InChI is InChI=1S/C20H25NO3/c1-21(2)13-5-6-15-7-12-18(19(14-15)23-3)16-8-10-17(11-9-16)20(22)24-4/h7-12,14H,5-6,13H2,1-4H3. The van der Waals surface area contributed by atoms with Crippen LogP contribution >= 0.6 is 0 Å². The molecule has 24 heavy (non-hydrogen) atoms. The van der Waals surface area contributed by atoms with Gasteiger partial charge in [-0.15, -0.1) is 0 Å². The maximum atomic E-state index is 11.5. The number of rotatable bonds is 7. The fraction of sp³-hybridized carbons (Fsp3) is 0.350. The molecule has 0 saturated heterocycles. The average Bonchev–Trinajstić information content (AvgIpc) is 2.60. The van der Waals surface area contributed by atoms with E-state index in [1.807, 2.05) is 12.1 Å². The lowest BCUT2D eigenvalue weighted by Crippen LogP contribution is -2.13. The van der Waals surface area contributed by atoms with E-state index in [0.717, 1.165) is 36.3 Å². The van der Waals surface area contributed by atoms with Crippen LogP contribution in [0.5, 0.6) is 5.75 Å². The normalized spacial score (nSPS) is 10.7. The monoisotopic (exact) mass is 327 g/mol. The Morgan fingerprint density at radius 1 is 1.04 bits per heavy atom. The number of nitrogens with zero attached hydrogens (tertiary/aromatic N) is 1. The van der Waals surface area contributed by atoms with Crippen LogP contribution in [-0.2, 0) is 11.2 Å². The Kier molecular flexibility index (Phi) is 6.38. The van der Waals surface area contributed by atoms with Crippen LogP contribution in [0.3, 0.4) is 0 Å². The van der Waals surface area contributed by atoms with E-state index in [1.165, 1.54) is 12.7 Å². The van der Waals surface area contributed by atoms with Crippen molar-refractivity contribution in [1.29, 1.82) is 0 Å². The van der Waals surface area contributed by atoms with Crippen molar-refractivity contribution in [1.82, 2.24) is 4.90 Å². The first-order valence-electron chi connectivity index (χ1n) is 8.05. The molecule has 0 aliphatic rings. The molecular formula is C20H25NO3. The summed E-state index contributed by atoms with van der Waals surface area (Å²) in [6.07, 6.45) is 2.14. The Bertz CT molecular complexity index is 678. The summed E-state index contributed by atoms with van der Waals surface area (Å²) >= 11 is 0. The first-order chi connectivity index (χ1) is 11.5. The van der Waals surface area contributed by atoms with Crippen LogP contribution in [-0.4, -0.2) is 45.7 Å². The van der Waals surface area contributed by atoms with Gasteiger partial charge in [0.15, 0.2) is 0 Å². The van der Waals surface area contributed by atoms with E-state index in [0.29, 0.717) is 5.56 Å². The van der Waals surface area contributed by atoms with E-state index in [2.05, 4.69) is 37.2 Å². The first kappa shape index (κ1) is 18.0. The fourth-order valence-electron chi connectivity index (χ4n) is 2.63. The number of aryl methyl sites for hydroxylation is 1. The molecule has 2 aromatic rings. The van der Waals surface area contributed by atoms with Gasteiger partial charge in [-0.25, -0.2) is 4.79 Å². The molecule has 0 bridgehead atoms. The van der Waals surface area contributed by atoms with E-state index in [1.54, 1.807) is 19.2 Å². The molecule has 4 nitrogen and oxygen atoms in total. The lowest BCUT2D eigenvalue weighted by atomic mass is 9.99. The van der Waals surface area contributed by atoms with E-state index in [-0.39, 0.29) is 5.97 Å². The molecule has 2 rings (SSSR count). The highest BCUT2D eigenvalue weighted by Gasteiger charge is 2.09. The average molecular weight is 327 g/mol. The molecule has 0 aromatic heterocycles. The van der Waals surface area contributed by atoms with Crippen LogP contribution < -0.4 is 4.74 Å². The van der Waals surface area contributed by atoms with Crippen LogP contribution in [0.2, 0.25) is 0 Å². The van der Waals surface area contributed by atoms with Crippen molar-refractivity contribution in [3.63, 3.8) is 0 Å². The van der Waals surface area contributed by atoms with Crippen molar-refractivity contribution in [3.05, 3.63) is 53.6 Å². The third kappa shape index (κ3) is 4.59. The zero-order valence-corrected chi connectivity index (χ0v) is 14.8. The van der Waals surface area contributed by atoms with Crippen molar-refractivity contribution in [2.45, 2.75) is 12.8 Å². The van der Waals surface area contributed by atoms with Crippen molar-refractivity contribution < 1.29 is 14.3 Å². The minimum Gasteiger partial charge on any atom is -0.496 e. The van der Waals surface area contributed by atoms with Gasteiger partial charge >= 0.3 is 5.97 Å². The first-order valence-corrected chi connectivity index (χ1v) is 8.05. The molecule has 0 amide bonds. The van der Waals surface area contributed by atoms with Gasteiger partial charge in [0, 0.05) is 5.56 Å². The topological polar surface area (TPSA) is 38.8 Å². The summed E-state index contributed by atoms with van der Waals surface area (Å²) in [5.41, 5.74) is 3.84. The molecule has 128 valence electrons. The Morgan fingerprint density at radius 3 is 2.33 bits per heavy atom. The third-order valence-corrected chi connectivity index (χ3v) is 3.95.